The van der Waals surface area contributed by atoms with Gasteiger partial charge >= 0.3 is 11.9 Å². The number of quaternary nitrogens is 2. The number of carbonyl (C=O) groups excluding carboxylic acids is 2. The Hall–Kier alpha value is -1.30. The second-order valence-electron chi connectivity index (χ2n) is 8.48. The average molecular weight is 411 g/mol. The number of nitrogens with zero attached hydrogens (tertiary/aromatic N) is 2. The van der Waals surface area contributed by atoms with Gasteiger partial charge in [-0.15, -0.1) is 0 Å². The van der Waals surface area contributed by atoms with Crippen molar-refractivity contribution in [1.82, 2.24) is 0 Å². The van der Waals surface area contributed by atoms with Crippen LogP contribution in [0.4, 0.5) is 0 Å². The molecule has 166 valence electrons. The van der Waals surface area contributed by atoms with E-state index in [0.29, 0.717) is 13.2 Å². The zero-order valence-corrected chi connectivity index (χ0v) is 18.0. The molecular weight excluding hydrogens is 372 g/mol. The van der Waals surface area contributed by atoms with E-state index in [1.165, 1.54) is 0 Å². The smallest absolute Gasteiger partial charge is 0.338 e. The lowest BCUT2D eigenvalue weighted by atomic mass is 10.2. The molecule has 0 saturated carbocycles. The van der Waals surface area contributed by atoms with Crippen LogP contribution in [0.3, 0.4) is 0 Å². The van der Waals surface area contributed by atoms with Crippen LogP contribution >= 0.6 is 0 Å². The first-order valence-electron chi connectivity index (χ1n) is 9.29. The van der Waals surface area contributed by atoms with Gasteiger partial charge in [-0.3, -0.25) is 0 Å². The standard InChI is InChI=1S/C18H38N2O8/c1-19(2,3)7-9-25-11-13-27-17(23)15(21)16(22)18(24)28-14-12-26-10-8-20(4,5)6/h15-16,21-22H,7-14H2,1-6H3/q+2. The van der Waals surface area contributed by atoms with Crippen molar-refractivity contribution in [1.29, 1.82) is 0 Å². The normalized spacial score (nSPS) is 14.4. The molecule has 0 aliphatic heterocycles. The summed E-state index contributed by atoms with van der Waals surface area (Å²) in [4.78, 5) is 23.3. The van der Waals surface area contributed by atoms with Gasteiger partial charge in [-0.05, 0) is 0 Å². The number of aliphatic hydroxyl groups is 2. The van der Waals surface area contributed by atoms with Crippen LogP contribution < -0.4 is 0 Å². The summed E-state index contributed by atoms with van der Waals surface area (Å²) in [6.07, 6.45) is -4.03. The van der Waals surface area contributed by atoms with Crippen molar-refractivity contribution in [2.45, 2.75) is 12.2 Å². The Kier molecular flexibility index (Phi) is 12.4. The van der Waals surface area contributed by atoms with E-state index < -0.39 is 24.1 Å². The summed E-state index contributed by atoms with van der Waals surface area (Å²) >= 11 is 0. The van der Waals surface area contributed by atoms with Crippen LogP contribution in [0, 0.1) is 0 Å². The highest BCUT2D eigenvalue weighted by Crippen LogP contribution is 2.01. The molecular formula is C18H38N2O8+2. The first-order valence-corrected chi connectivity index (χ1v) is 9.29. The van der Waals surface area contributed by atoms with Crippen LogP contribution in [0.2, 0.25) is 0 Å². The van der Waals surface area contributed by atoms with E-state index in [4.69, 9.17) is 18.9 Å². The number of ether oxygens (including phenoxy) is 4. The van der Waals surface area contributed by atoms with E-state index in [-0.39, 0.29) is 26.4 Å². The van der Waals surface area contributed by atoms with Gasteiger partial charge < -0.3 is 38.1 Å². The zero-order valence-electron chi connectivity index (χ0n) is 18.0. The van der Waals surface area contributed by atoms with Gasteiger partial charge in [0, 0.05) is 0 Å². The highest BCUT2D eigenvalue weighted by Gasteiger charge is 2.32. The topological polar surface area (TPSA) is 112 Å². The molecule has 0 bridgehead atoms. The highest BCUT2D eigenvalue weighted by atomic mass is 16.6. The van der Waals surface area contributed by atoms with Crippen molar-refractivity contribution < 1.29 is 47.7 Å². The van der Waals surface area contributed by atoms with Gasteiger partial charge in [0.1, 0.15) is 26.3 Å². The summed E-state index contributed by atoms with van der Waals surface area (Å²) in [5.74, 6) is -2.22. The van der Waals surface area contributed by atoms with Crippen LogP contribution in [-0.4, -0.2) is 138 Å². The molecule has 0 aromatic rings. The molecule has 0 rings (SSSR count). The fraction of sp³-hybridized carbons (Fsp3) is 0.889. The molecule has 10 nitrogen and oxygen atoms in total. The molecule has 28 heavy (non-hydrogen) atoms. The van der Waals surface area contributed by atoms with Crippen LogP contribution in [0.5, 0.6) is 0 Å². The number of hydrogen-bond acceptors (Lipinski definition) is 8. The molecule has 2 atom stereocenters. The van der Waals surface area contributed by atoms with E-state index in [9.17, 15) is 19.8 Å². The maximum Gasteiger partial charge on any atom is 0.338 e. The summed E-state index contributed by atoms with van der Waals surface area (Å²) in [5.41, 5.74) is 0. The first-order chi connectivity index (χ1) is 12.8. The number of hydrogen-bond donors (Lipinski definition) is 2. The third-order valence-electron chi connectivity index (χ3n) is 3.54. The zero-order chi connectivity index (χ0) is 21.8. The average Bonchev–Trinajstić information content (AvgIpc) is 2.57. The molecule has 0 fully saturated rings. The van der Waals surface area contributed by atoms with E-state index in [1.807, 2.05) is 42.3 Å². The Labute approximate surface area is 167 Å². The number of rotatable bonds is 15. The maximum absolute atomic E-state index is 11.7. The van der Waals surface area contributed by atoms with Gasteiger partial charge in [0.05, 0.1) is 68.7 Å². The number of carbonyl (C=O) groups is 2. The van der Waals surface area contributed by atoms with Crippen LogP contribution in [0.25, 0.3) is 0 Å². The predicted octanol–water partition coefficient (Wildman–Crippen LogP) is -1.76. The molecule has 0 saturated heterocycles. The molecule has 0 aliphatic rings. The van der Waals surface area contributed by atoms with Crippen LogP contribution in [-0.2, 0) is 28.5 Å². The van der Waals surface area contributed by atoms with E-state index in [2.05, 4.69) is 0 Å². The molecule has 0 aromatic heterocycles. The Balaban J connectivity index is 3.90. The van der Waals surface area contributed by atoms with Gasteiger partial charge in [0.25, 0.3) is 0 Å². The minimum Gasteiger partial charge on any atom is -0.461 e. The Morgan fingerprint density at radius 3 is 1.25 bits per heavy atom. The quantitative estimate of drug-likeness (QED) is 0.186. The Bertz CT molecular complexity index is 417. The summed E-state index contributed by atoms with van der Waals surface area (Å²) in [5, 5.41) is 19.4. The summed E-state index contributed by atoms with van der Waals surface area (Å²) < 4.78 is 21.7. The SMILES string of the molecule is C[N+](C)(C)CCOCCOC(=O)C(O)C(O)C(=O)OCCOCC[N+](C)(C)C. The molecule has 2 unspecified atom stereocenters. The van der Waals surface area contributed by atoms with Crippen molar-refractivity contribution >= 4 is 11.9 Å². The lowest BCUT2D eigenvalue weighted by Crippen LogP contribution is -2.42. The molecule has 0 aromatic carbocycles. The monoisotopic (exact) mass is 410 g/mol. The fourth-order valence-electron chi connectivity index (χ4n) is 1.71. The maximum atomic E-state index is 11.7. The largest absolute Gasteiger partial charge is 0.461 e. The van der Waals surface area contributed by atoms with Gasteiger partial charge in [0.2, 0.25) is 0 Å². The summed E-state index contributed by atoms with van der Waals surface area (Å²) in [6, 6.07) is 0. The van der Waals surface area contributed by atoms with Crippen molar-refractivity contribution in [3.05, 3.63) is 0 Å². The van der Waals surface area contributed by atoms with Gasteiger partial charge in [0.15, 0.2) is 12.2 Å². The second-order valence-corrected chi connectivity index (χ2v) is 8.48. The summed E-state index contributed by atoms with van der Waals surface area (Å²) in [6.45, 7) is 2.71. The minimum atomic E-state index is -2.02. The van der Waals surface area contributed by atoms with Gasteiger partial charge in [-0.25, -0.2) is 9.59 Å². The number of aliphatic hydroxyl groups excluding tert-OH is 2. The molecule has 0 radical (unpaired) electrons. The molecule has 0 spiro atoms. The van der Waals surface area contributed by atoms with E-state index in [0.717, 1.165) is 22.1 Å². The molecule has 0 heterocycles. The van der Waals surface area contributed by atoms with Crippen LogP contribution in [0.1, 0.15) is 0 Å². The lowest BCUT2D eigenvalue weighted by Gasteiger charge is -2.23. The van der Waals surface area contributed by atoms with E-state index >= 15 is 0 Å². The van der Waals surface area contributed by atoms with Gasteiger partial charge in [-0.2, -0.15) is 0 Å². The fourth-order valence-corrected chi connectivity index (χ4v) is 1.71. The Morgan fingerprint density at radius 1 is 0.643 bits per heavy atom. The third-order valence-corrected chi connectivity index (χ3v) is 3.54. The van der Waals surface area contributed by atoms with Crippen molar-refractivity contribution in [3.63, 3.8) is 0 Å². The predicted molar refractivity (Wildman–Crippen MR) is 101 cm³/mol. The molecule has 2 N–H and O–H groups in total. The molecule has 0 amide bonds. The third kappa shape index (κ3) is 14.7. The lowest BCUT2D eigenvalue weighted by molar-refractivity contribution is -0.870. The minimum absolute atomic E-state index is 0.0884. The van der Waals surface area contributed by atoms with Crippen molar-refractivity contribution in [2.24, 2.45) is 0 Å². The van der Waals surface area contributed by atoms with Crippen molar-refractivity contribution in [2.75, 3.05) is 95.0 Å². The number of likely N-dealkylation sites (N-methyl/N-ethyl adjacent to an activating group) is 2. The molecule has 0 aliphatic carbocycles. The van der Waals surface area contributed by atoms with Gasteiger partial charge in [-0.1, -0.05) is 0 Å². The van der Waals surface area contributed by atoms with E-state index in [1.54, 1.807) is 0 Å². The highest BCUT2D eigenvalue weighted by molar-refractivity contribution is 5.85. The number of esters is 2. The molecule has 10 heteroatoms. The van der Waals surface area contributed by atoms with Crippen LogP contribution in [0.15, 0.2) is 0 Å². The van der Waals surface area contributed by atoms with Crippen molar-refractivity contribution in [3.8, 4) is 0 Å². The summed E-state index contributed by atoms with van der Waals surface area (Å²) in [7, 11) is 12.2. The Morgan fingerprint density at radius 2 is 0.964 bits per heavy atom. The first kappa shape index (κ1) is 26.7. The second kappa shape index (κ2) is 13.0.